The number of carbonyl (C=O) groups is 1. The molecule has 0 radical (unpaired) electrons. The summed E-state index contributed by atoms with van der Waals surface area (Å²) in [5, 5.41) is 0. The molecule has 19 heavy (non-hydrogen) atoms. The highest BCUT2D eigenvalue weighted by Crippen LogP contribution is 2.31. The highest BCUT2D eigenvalue weighted by Gasteiger charge is 2.34. The van der Waals surface area contributed by atoms with Crippen LogP contribution in [0.5, 0.6) is 0 Å². The summed E-state index contributed by atoms with van der Waals surface area (Å²) in [5.74, 6) is 1.37. The van der Waals surface area contributed by atoms with Gasteiger partial charge in [-0.25, -0.2) is 0 Å². The fourth-order valence-electron chi connectivity index (χ4n) is 4.11. The van der Waals surface area contributed by atoms with Gasteiger partial charge >= 0.3 is 0 Å². The van der Waals surface area contributed by atoms with E-state index in [2.05, 4.69) is 16.8 Å². The molecule has 1 saturated carbocycles. The summed E-state index contributed by atoms with van der Waals surface area (Å²) in [6, 6.07) is 1.25. The van der Waals surface area contributed by atoms with Crippen LogP contribution in [0.15, 0.2) is 0 Å². The van der Waals surface area contributed by atoms with Crippen molar-refractivity contribution in [2.24, 2.45) is 5.92 Å². The lowest BCUT2D eigenvalue weighted by atomic mass is 9.84. The smallest absolute Gasteiger partial charge is 0.222 e. The number of rotatable bonds is 3. The Balaban J connectivity index is 1.59. The normalized spacial score (nSPS) is 32.9. The maximum absolute atomic E-state index is 12.1. The van der Waals surface area contributed by atoms with Crippen molar-refractivity contribution in [2.75, 3.05) is 20.1 Å². The highest BCUT2D eigenvalue weighted by molar-refractivity contribution is 5.76. The zero-order valence-corrected chi connectivity index (χ0v) is 12.3. The van der Waals surface area contributed by atoms with Crippen LogP contribution in [0.4, 0.5) is 0 Å². The van der Waals surface area contributed by atoms with Crippen LogP contribution in [0.2, 0.25) is 0 Å². The van der Waals surface area contributed by atoms with Gasteiger partial charge in [-0.2, -0.15) is 0 Å². The van der Waals surface area contributed by atoms with Crippen molar-refractivity contribution in [1.82, 2.24) is 9.80 Å². The van der Waals surface area contributed by atoms with Crippen LogP contribution in [0, 0.1) is 5.92 Å². The van der Waals surface area contributed by atoms with Crippen LogP contribution in [-0.4, -0.2) is 47.9 Å². The van der Waals surface area contributed by atoms with E-state index in [4.69, 9.17) is 0 Å². The zero-order chi connectivity index (χ0) is 13.2. The van der Waals surface area contributed by atoms with Gasteiger partial charge in [0.05, 0.1) is 0 Å². The van der Waals surface area contributed by atoms with E-state index < -0.39 is 0 Å². The van der Waals surface area contributed by atoms with Crippen molar-refractivity contribution in [3.63, 3.8) is 0 Å². The van der Waals surface area contributed by atoms with Crippen LogP contribution >= 0.6 is 0 Å². The molecule has 1 aliphatic carbocycles. The van der Waals surface area contributed by atoms with Crippen molar-refractivity contribution >= 4 is 5.91 Å². The molecule has 0 aromatic heterocycles. The quantitative estimate of drug-likeness (QED) is 0.782. The molecule has 1 unspecified atom stereocenters. The molecule has 3 heteroatoms. The third kappa shape index (κ3) is 2.96. The Labute approximate surface area is 117 Å². The van der Waals surface area contributed by atoms with Crippen molar-refractivity contribution < 1.29 is 4.79 Å². The fraction of sp³-hybridized carbons (Fsp3) is 0.938. The van der Waals surface area contributed by atoms with Crippen LogP contribution in [0.1, 0.15) is 57.8 Å². The topological polar surface area (TPSA) is 23.6 Å². The Morgan fingerprint density at radius 2 is 2.00 bits per heavy atom. The van der Waals surface area contributed by atoms with Crippen LogP contribution < -0.4 is 0 Å². The van der Waals surface area contributed by atoms with E-state index in [9.17, 15) is 4.79 Å². The Kier molecular flexibility index (Phi) is 4.11. The largest absolute Gasteiger partial charge is 0.340 e. The Morgan fingerprint density at radius 1 is 1.16 bits per heavy atom. The Morgan fingerprint density at radius 3 is 2.74 bits per heavy atom. The molecule has 3 nitrogen and oxygen atoms in total. The Hall–Kier alpha value is -0.570. The summed E-state index contributed by atoms with van der Waals surface area (Å²) in [7, 11) is 2.31. The van der Waals surface area contributed by atoms with Crippen molar-refractivity contribution in [3.8, 4) is 0 Å². The molecule has 108 valence electrons. The molecule has 0 bridgehead atoms. The Bertz CT molecular complexity index is 327. The van der Waals surface area contributed by atoms with E-state index in [1.54, 1.807) is 0 Å². The molecule has 0 spiro atoms. The van der Waals surface area contributed by atoms with Gasteiger partial charge in [0.15, 0.2) is 0 Å². The van der Waals surface area contributed by atoms with Gasteiger partial charge in [0.1, 0.15) is 0 Å². The van der Waals surface area contributed by atoms with Gasteiger partial charge < -0.3 is 9.80 Å². The molecule has 3 fully saturated rings. The van der Waals surface area contributed by atoms with E-state index in [0.29, 0.717) is 18.0 Å². The minimum absolute atomic E-state index is 0.419. The lowest BCUT2D eigenvalue weighted by molar-refractivity contribution is -0.133. The van der Waals surface area contributed by atoms with Gasteiger partial charge in [0.25, 0.3) is 0 Å². The number of fused-ring (bicyclic) bond motifs is 1. The monoisotopic (exact) mass is 264 g/mol. The molecule has 1 amide bonds. The average molecular weight is 264 g/mol. The standard InChI is InChI=1S/C16H28N2O/c1-17(12-13-5-2-6-13)14-7-3-9-16(19)18-10-4-8-15(18)11-14/h13-15H,2-12H2,1H3/t14?,15-/m1/s1. The maximum atomic E-state index is 12.1. The van der Waals surface area contributed by atoms with Crippen molar-refractivity contribution in [3.05, 3.63) is 0 Å². The highest BCUT2D eigenvalue weighted by atomic mass is 16.2. The van der Waals surface area contributed by atoms with E-state index in [-0.39, 0.29) is 0 Å². The molecular formula is C16H28N2O. The van der Waals surface area contributed by atoms with Crippen molar-refractivity contribution in [2.45, 2.75) is 69.9 Å². The first-order valence-corrected chi connectivity index (χ1v) is 8.24. The van der Waals surface area contributed by atoms with E-state index in [1.807, 2.05) is 0 Å². The third-order valence-electron chi connectivity index (χ3n) is 5.56. The average Bonchev–Trinajstić information content (AvgIpc) is 2.77. The SMILES string of the molecule is CN(CC1CCC1)C1CCCC(=O)N2CCC[C@@H]2C1. The minimum Gasteiger partial charge on any atom is -0.340 e. The molecule has 2 saturated heterocycles. The summed E-state index contributed by atoms with van der Waals surface area (Å²) in [5.41, 5.74) is 0. The van der Waals surface area contributed by atoms with Crippen molar-refractivity contribution in [1.29, 1.82) is 0 Å². The molecule has 0 N–H and O–H groups in total. The lowest BCUT2D eigenvalue weighted by Gasteiger charge is -2.38. The first-order chi connectivity index (χ1) is 9.24. The zero-order valence-electron chi connectivity index (χ0n) is 12.3. The first-order valence-electron chi connectivity index (χ1n) is 8.24. The molecule has 0 aromatic rings. The number of amides is 1. The van der Waals surface area contributed by atoms with Gasteiger partial charge in [-0.15, -0.1) is 0 Å². The maximum Gasteiger partial charge on any atom is 0.222 e. The fourth-order valence-corrected chi connectivity index (χ4v) is 4.11. The second kappa shape index (κ2) is 5.82. The van der Waals surface area contributed by atoms with Gasteiger partial charge in [0.2, 0.25) is 5.91 Å². The second-order valence-electron chi connectivity index (χ2n) is 6.90. The number of hydrogen-bond acceptors (Lipinski definition) is 2. The third-order valence-corrected chi connectivity index (χ3v) is 5.56. The molecule has 3 rings (SSSR count). The van der Waals surface area contributed by atoms with Gasteiger partial charge in [0, 0.05) is 31.6 Å². The van der Waals surface area contributed by atoms with Crippen LogP contribution in [0.25, 0.3) is 0 Å². The summed E-state index contributed by atoms with van der Waals surface area (Å²) < 4.78 is 0. The summed E-state index contributed by atoms with van der Waals surface area (Å²) in [6.07, 6.45) is 11.1. The van der Waals surface area contributed by atoms with Gasteiger partial charge in [-0.05, 0) is 57.9 Å². The van der Waals surface area contributed by atoms with Gasteiger partial charge in [-0.3, -0.25) is 4.79 Å². The molecular weight excluding hydrogens is 236 g/mol. The molecule has 2 heterocycles. The van der Waals surface area contributed by atoms with E-state index in [0.717, 1.165) is 25.3 Å². The molecule has 2 atom stereocenters. The van der Waals surface area contributed by atoms with E-state index >= 15 is 0 Å². The number of hydrogen-bond donors (Lipinski definition) is 0. The number of nitrogens with zero attached hydrogens (tertiary/aromatic N) is 2. The predicted molar refractivity (Wildman–Crippen MR) is 77.0 cm³/mol. The minimum atomic E-state index is 0.419. The summed E-state index contributed by atoms with van der Waals surface area (Å²) >= 11 is 0. The van der Waals surface area contributed by atoms with Crippen LogP contribution in [0.3, 0.4) is 0 Å². The lowest BCUT2D eigenvalue weighted by Crippen LogP contribution is -2.45. The van der Waals surface area contributed by atoms with E-state index in [1.165, 1.54) is 51.5 Å². The molecule has 3 aliphatic rings. The molecule has 0 aromatic carbocycles. The summed E-state index contributed by atoms with van der Waals surface area (Å²) in [6.45, 7) is 2.30. The predicted octanol–water partition coefficient (Wildman–Crippen LogP) is 2.65. The molecule has 2 aliphatic heterocycles. The first kappa shape index (κ1) is 13.4. The van der Waals surface area contributed by atoms with Gasteiger partial charge in [-0.1, -0.05) is 6.42 Å². The number of carbonyl (C=O) groups excluding carboxylic acids is 1. The second-order valence-corrected chi connectivity index (χ2v) is 6.90. The summed E-state index contributed by atoms with van der Waals surface area (Å²) in [4.78, 5) is 16.9. The van der Waals surface area contributed by atoms with Crippen LogP contribution in [-0.2, 0) is 4.79 Å².